The first-order valence-corrected chi connectivity index (χ1v) is 9.99. The van der Waals surface area contributed by atoms with Gasteiger partial charge in [0.1, 0.15) is 0 Å². The summed E-state index contributed by atoms with van der Waals surface area (Å²) in [6, 6.07) is 5.96. The van der Waals surface area contributed by atoms with Gasteiger partial charge in [0.15, 0.2) is 11.5 Å². The molecule has 2 heterocycles. The van der Waals surface area contributed by atoms with E-state index in [1.807, 2.05) is 18.2 Å². The Morgan fingerprint density at radius 3 is 2.64 bits per heavy atom. The predicted molar refractivity (Wildman–Crippen MR) is 107 cm³/mol. The number of rotatable bonds is 4. The van der Waals surface area contributed by atoms with Crippen molar-refractivity contribution in [2.45, 2.75) is 58.6 Å². The van der Waals surface area contributed by atoms with Crippen molar-refractivity contribution in [1.29, 1.82) is 0 Å². The van der Waals surface area contributed by atoms with E-state index in [0.717, 1.165) is 30.7 Å². The second-order valence-corrected chi connectivity index (χ2v) is 9.59. The van der Waals surface area contributed by atoms with Gasteiger partial charge in [-0.05, 0) is 48.3 Å². The Morgan fingerprint density at radius 1 is 1.18 bits per heavy atom. The van der Waals surface area contributed by atoms with Crippen LogP contribution in [0, 0.1) is 10.8 Å². The summed E-state index contributed by atoms with van der Waals surface area (Å²) in [6.45, 7) is 7.77. The third-order valence-corrected chi connectivity index (χ3v) is 6.36. The number of amides is 1. The largest absolute Gasteiger partial charge is 0.493 e. The molecule has 1 aliphatic carbocycles. The van der Waals surface area contributed by atoms with E-state index in [4.69, 9.17) is 14.3 Å². The lowest BCUT2D eigenvalue weighted by Gasteiger charge is -2.39. The SMILES string of the molecule is COc1ccc(C2=NO[C@H](C(=O)N3C[C@]4(C)C[C@H]3CC(C)(C)C4)C2)cc1OC. The lowest BCUT2D eigenvalue weighted by atomic mass is 9.65. The number of ether oxygens (including phenoxy) is 2. The molecule has 2 aliphatic heterocycles. The number of oxime groups is 1. The van der Waals surface area contributed by atoms with Crippen molar-refractivity contribution in [2.75, 3.05) is 20.8 Å². The van der Waals surface area contributed by atoms with Crippen molar-refractivity contribution in [3.63, 3.8) is 0 Å². The molecule has 2 fully saturated rings. The van der Waals surface area contributed by atoms with Crippen LogP contribution in [0.5, 0.6) is 11.5 Å². The van der Waals surface area contributed by atoms with Gasteiger partial charge in [-0.15, -0.1) is 0 Å². The highest BCUT2D eigenvalue weighted by atomic mass is 16.6. The van der Waals surface area contributed by atoms with Crippen LogP contribution in [0.2, 0.25) is 0 Å². The summed E-state index contributed by atoms with van der Waals surface area (Å²) in [7, 11) is 3.21. The van der Waals surface area contributed by atoms with Crippen LogP contribution in [-0.2, 0) is 9.63 Å². The Labute approximate surface area is 166 Å². The van der Waals surface area contributed by atoms with Crippen LogP contribution in [0.15, 0.2) is 23.4 Å². The molecule has 4 rings (SSSR count). The molecule has 2 bridgehead atoms. The van der Waals surface area contributed by atoms with Gasteiger partial charge < -0.3 is 19.2 Å². The second kappa shape index (κ2) is 6.68. The highest BCUT2D eigenvalue weighted by Gasteiger charge is 2.52. The third kappa shape index (κ3) is 3.33. The van der Waals surface area contributed by atoms with Crippen molar-refractivity contribution in [2.24, 2.45) is 16.0 Å². The third-order valence-electron chi connectivity index (χ3n) is 6.36. The van der Waals surface area contributed by atoms with E-state index in [9.17, 15) is 4.79 Å². The number of hydrogen-bond acceptors (Lipinski definition) is 5. The van der Waals surface area contributed by atoms with Crippen LogP contribution < -0.4 is 9.47 Å². The van der Waals surface area contributed by atoms with Crippen LogP contribution in [0.25, 0.3) is 0 Å². The molecule has 3 atom stereocenters. The molecule has 6 heteroatoms. The summed E-state index contributed by atoms with van der Waals surface area (Å²) in [5, 5.41) is 4.21. The Kier molecular flexibility index (Phi) is 4.55. The Morgan fingerprint density at radius 2 is 1.93 bits per heavy atom. The van der Waals surface area contributed by atoms with Crippen LogP contribution in [0.3, 0.4) is 0 Å². The molecule has 152 valence electrons. The normalized spacial score (nSPS) is 30.6. The second-order valence-electron chi connectivity index (χ2n) is 9.59. The minimum absolute atomic E-state index is 0.0747. The smallest absolute Gasteiger partial charge is 0.267 e. The van der Waals surface area contributed by atoms with Crippen LogP contribution in [0.4, 0.5) is 0 Å². The molecule has 0 spiro atoms. The molecule has 6 nitrogen and oxygen atoms in total. The summed E-state index contributed by atoms with van der Waals surface area (Å²) < 4.78 is 10.7. The van der Waals surface area contributed by atoms with E-state index < -0.39 is 6.10 Å². The van der Waals surface area contributed by atoms with E-state index in [1.165, 1.54) is 6.42 Å². The Balaban J connectivity index is 1.46. The quantitative estimate of drug-likeness (QED) is 0.793. The standard InChI is InChI=1S/C22H30N2O4/c1-21(2)10-15-11-22(3,12-21)13-24(15)20(25)19-9-16(23-28-19)14-6-7-17(26-4)18(8-14)27-5/h6-8,15,19H,9-13H2,1-5H3/t15-,19+,22-/m1/s1. The summed E-state index contributed by atoms with van der Waals surface area (Å²) in [5.74, 6) is 1.38. The molecule has 0 radical (unpaired) electrons. The molecule has 1 saturated carbocycles. The van der Waals surface area contributed by atoms with Gasteiger partial charge in [-0.1, -0.05) is 25.9 Å². The van der Waals surface area contributed by atoms with Crippen molar-refractivity contribution in [3.05, 3.63) is 23.8 Å². The van der Waals surface area contributed by atoms with E-state index in [1.54, 1.807) is 14.2 Å². The molecular formula is C22H30N2O4. The van der Waals surface area contributed by atoms with Crippen LogP contribution >= 0.6 is 0 Å². The molecule has 28 heavy (non-hydrogen) atoms. The number of fused-ring (bicyclic) bond motifs is 2. The van der Waals surface area contributed by atoms with Gasteiger partial charge in [0.05, 0.1) is 19.9 Å². The van der Waals surface area contributed by atoms with Gasteiger partial charge in [0.25, 0.3) is 5.91 Å². The van der Waals surface area contributed by atoms with Crippen LogP contribution in [0.1, 0.15) is 52.0 Å². The zero-order valence-electron chi connectivity index (χ0n) is 17.4. The van der Waals surface area contributed by atoms with Gasteiger partial charge in [-0.3, -0.25) is 4.79 Å². The summed E-state index contributed by atoms with van der Waals surface area (Å²) in [6.07, 6.45) is 3.27. The number of methoxy groups -OCH3 is 2. The highest BCUT2D eigenvalue weighted by molar-refractivity contribution is 6.04. The lowest BCUT2D eigenvalue weighted by Crippen LogP contribution is -2.43. The maximum absolute atomic E-state index is 13.2. The molecule has 1 aromatic rings. The molecule has 1 amide bonds. The number of carbonyl (C=O) groups is 1. The average molecular weight is 386 g/mol. The van der Waals surface area contributed by atoms with Gasteiger partial charge >= 0.3 is 0 Å². The number of benzene rings is 1. The summed E-state index contributed by atoms with van der Waals surface area (Å²) >= 11 is 0. The number of likely N-dealkylation sites (tertiary alicyclic amines) is 1. The molecule has 0 unspecified atom stereocenters. The molecule has 3 aliphatic rings. The summed E-state index contributed by atoms with van der Waals surface area (Å²) in [5.41, 5.74) is 2.16. The van der Waals surface area contributed by atoms with E-state index in [-0.39, 0.29) is 16.7 Å². The highest BCUT2D eigenvalue weighted by Crippen LogP contribution is 2.52. The van der Waals surface area contributed by atoms with E-state index in [2.05, 4.69) is 30.8 Å². The Bertz CT molecular complexity index is 819. The number of hydrogen-bond donors (Lipinski definition) is 0. The minimum atomic E-state index is -0.533. The van der Waals surface area contributed by atoms with Crippen molar-refractivity contribution in [1.82, 2.24) is 4.90 Å². The van der Waals surface area contributed by atoms with Crippen molar-refractivity contribution < 1.29 is 19.1 Å². The fraction of sp³-hybridized carbons (Fsp3) is 0.636. The van der Waals surface area contributed by atoms with Gasteiger partial charge in [0, 0.05) is 24.6 Å². The first kappa shape index (κ1) is 19.1. The van der Waals surface area contributed by atoms with Crippen molar-refractivity contribution >= 4 is 11.6 Å². The maximum Gasteiger partial charge on any atom is 0.267 e. The fourth-order valence-corrected chi connectivity index (χ4v) is 5.60. The van der Waals surface area contributed by atoms with Gasteiger partial charge in [-0.2, -0.15) is 0 Å². The zero-order valence-corrected chi connectivity index (χ0v) is 17.4. The monoisotopic (exact) mass is 386 g/mol. The van der Waals surface area contributed by atoms with E-state index >= 15 is 0 Å². The van der Waals surface area contributed by atoms with Gasteiger partial charge in [-0.25, -0.2) is 0 Å². The average Bonchev–Trinajstić information content (AvgIpc) is 3.22. The topological polar surface area (TPSA) is 60.4 Å². The fourth-order valence-electron chi connectivity index (χ4n) is 5.60. The predicted octanol–water partition coefficient (Wildman–Crippen LogP) is 3.62. The van der Waals surface area contributed by atoms with Gasteiger partial charge in [0.2, 0.25) is 6.10 Å². The Hall–Kier alpha value is -2.24. The van der Waals surface area contributed by atoms with Crippen molar-refractivity contribution in [3.8, 4) is 11.5 Å². The van der Waals surface area contributed by atoms with E-state index in [0.29, 0.717) is 24.0 Å². The maximum atomic E-state index is 13.2. The first-order valence-electron chi connectivity index (χ1n) is 9.99. The number of carbonyl (C=O) groups excluding carboxylic acids is 1. The lowest BCUT2D eigenvalue weighted by molar-refractivity contribution is -0.143. The zero-order chi connectivity index (χ0) is 20.1. The first-order chi connectivity index (χ1) is 13.2. The van der Waals surface area contributed by atoms with Crippen LogP contribution in [-0.4, -0.2) is 49.4 Å². The summed E-state index contributed by atoms with van der Waals surface area (Å²) in [4.78, 5) is 20.9. The molecule has 0 N–H and O–H groups in total. The minimum Gasteiger partial charge on any atom is -0.493 e. The molecular weight excluding hydrogens is 356 g/mol. The molecule has 0 aromatic heterocycles. The molecule has 1 saturated heterocycles. The number of nitrogens with zero attached hydrogens (tertiary/aromatic N) is 2. The molecule has 1 aromatic carbocycles.